The minimum Gasteiger partial charge on any atom is -0.312 e. The van der Waals surface area contributed by atoms with Crippen LogP contribution >= 0.6 is 15.9 Å². The Morgan fingerprint density at radius 1 is 1.40 bits per heavy atom. The third kappa shape index (κ3) is 3.05. The second-order valence-corrected chi connectivity index (χ2v) is 5.85. The van der Waals surface area contributed by atoms with Gasteiger partial charge in [-0.3, -0.25) is 0 Å². The van der Waals surface area contributed by atoms with E-state index in [-0.39, 0.29) is 0 Å². The molecule has 1 fully saturated rings. The maximum Gasteiger partial charge on any atom is 0.0207 e. The van der Waals surface area contributed by atoms with Crippen molar-refractivity contribution in [3.63, 3.8) is 0 Å². The van der Waals surface area contributed by atoms with E-state index in [9.17, 15) is 0 Å². The number of nitrogens with one attached hydrogen (secondary N) is 1. The zero-order valence-electron chi connectivity index (χ0n) is 9.44. The van der Waals surface area contributed by atoms with Gasteiger partial charge in [-0.2, -0.15) is 0 Å². The predicted octanol–water partition coefficient (Wildman–Crippen LogP) is 3.65. The second-order valence-electron chi connectivity index (χ2n) is 5.00. The molecule has 1 nitrogen and oxygen atoms in total. The summed E-state index contributed by atoms with van der Waals surface area (Å²) in [6.45, 7) is 6.60. The van der Waals surface area contributed by atoms with E-state index in [2.05, 4.69) is 53.3 Å². The first kappa shape index (κ1) is 11.2. The number of halogens is 1. The summed E-state index contributed by atoms with van der Waals surface area (Å²) in [5.41, 5.74) is 3.26. The lowest BCUT2D eigenvalue weighted by Gasteiger charge is -2.10. The SMILES string of the molecule is Cc1ccc(CNCC2(C)CC2)cc1Br. The van der Waals surface area contributed by atoms with Gasteiger partial charge in [-0.15, -0.1) is 0 Å². The van der Waals surface area contributed by atoms with Gasteiger partial charge in [-0.1, -0.05) is 35.0 Å². The van der Waals surface area contributed by atoms with Crippen LogP contribution in [0.1, 0.15) is 30.9 Å². The monoisotopic (exact) mass is 267 g/mol. The van der Waals surface area contributed by atoms with Crippen LogP contribution in [0, 0.1) is 12.3 Å². The van der Waals surface area contributed by atoms with Crippen molar-refractivity contribution in [3.8, 4) is 0 Å². The summed E-state index contributed by atoms with van der Waals surface area (Å²) >= 11 is 3.56. The molecular weight excluding hydrogens is 250 g/mol. The van der Waals surface area contributed by atoms with Gasteiger partial charge in [0.05, 0.1) is 0 Å². The number of rotatable bonds is 4. The van der Waals surface area contributed by atoms with Crippen LogP contribution in [0.25, 0.3) is 0 Å². The first-order valence-corrected chi connectivity index (χ1v) is 6.34. The van der Waals surface area contributed by atoms with Crippen LogP contribution in [0.4, 0.5) is 0 Å². The Morgan fingerprint density at radius 2 is 2.13 bits per heavy atom. The van der Waals surface area contributed by atoms with Gasteiger partial charge in [0, 0.05) is 17.6 Å². The lowest BCUT2D eigenvalue weighted by molar-refractivity contribution is 0.499. The fourth-order valence-electron chi connectivity index (χ4n) is 1.65. The first-order valence-electron chi connectivity index (χ1n) is 5.55. The lowest BCUT2D eigenvalue weighted by Crippen LogP contribution is -2.21. The van der Waals surface area contributed by atoms with Crippen LogP contribution in [0.5, 0.6) is 0 Å². The van der Waals surface area contributed by atoms with Crippen molar-refractivity contribution in [2.45, 2.75) is 33.2 Å². The van der Waals surface area contributed by atoms with Gasteiger partial charge in [0.2, 0.25) is 0 Å². The summed E-state index contributed by atoms with van der Waals surface area (Å²) in [4.78, 5) is 0. The Hall–Kier alpha value is -0.340. The Balaban J connectivity index is 1.85. The summed E-state index contributed by atoms with van der Waals surface area (Å²) in [7, 11) is 0. The van der Waals surface area contributed by atoms with Crippen molar-refractivity contribution in [1.29, 1.82) is 0 Å². The van der Waals surface area contributed by atoms with E-state index in [1.54, 1.807) is 0 Å². The molecular formula is C13H18BrN. The van der Waals surface area contributed by atoms with Crippen molar-refractivity contribution in [3.05, 3.63) is 33.8 Å². The molecule has 0 saturated heterocycles. The van der Waals surface area contributed by atoms with Crippen LogP contribution in [0.3, 0.4) is 0 Å². The average molecular weight is 268 g/mol. The van der Waals surface area contributed by atoms with Crippen molar-refractivity contribution >= 4 is 15.9 Å². The molecule has 1 N–H and O–H groups in total. The van der Waals surface area contributed by atoms with E-state index in [1.807, 2.05) is 0 Å². The quantitative estimate of drug-likeness (QED) is 0.879. The molecule has 15 heavy (non-hydrogen) atoms. The van der Waals surface area contributed by atoms with Gasteiger partial charge in [-0.05, 0) is 42.4 Å². The molecule has 1 saturated carbocycles. The van der Waals surface area contributed by atoms with Gasteiger partial charge in [-0.25, -0.2) is 0 Å². The van der Waals surface area contributed by atoms with Crippen molar-refractivity contribution < 1.29 is 0 Å². The minimum atomic E-state index is 0.599. The molecule has 0 atom stereocenters. The molecule has 1 aromatic rings. The normalized spacial score (nSPS) is 17.8. The highest BCUT2D eigenvalue weighted by Crippen LogP contribution is 2.44. The highest BCUT2D eigenvalue weighted by Gasteiger charge is 2.36. The summed E-state index contributed by atoms with van der Waals surface area (Å²) < 4.78 is 1.21. The molecule has 2 rings (SSSR count). The van der Waals surface area contributed by atoms with Crippen molar-refractivity contribution in [2.75, 3.05) is 6.54 Å². The molecule has 2 heteroatoms. The zero-order valence-corrected chi connectivity index (χ0v) is 11.0. The largest absolute Gasteiger partial charge is 0.312 e. The molecule has 1 aromatic carbocycles. The summed E-state index contributed by atoms with van der Waals surface area (Å²) in [6.07, 6.45) is 2.77. The fourth-order valence-corrected chi connectivity index (χ4v) is 2.07. The molecule has 82 valence electrons. The van der Waals surface area contributed by atoms with Gasteiger partial charge in [0.15, 0.2) is 0 Å². The molecule has 0 radical (unpaired) electrons. The summed E-state index contributed by atoms with van der Waals surface area (Å²) in [5, 5.41) is 3.53. The molecule has 0 aromatic heterocycles. The molecule has 0 bridgehead atoms. The Labute approximate surface area is 100 Å². The minimum absolute atomic E-state index is 0.599. The van der Waals surface area contributed by atoms with Crippen LogP contribution in [0.15, 0.2) is 22.7 Å². The van der Waals surface area contributed by atoms with Crippen LogP contribution < -0.4 is 5.32 Å². The maximum atomic E-state index is 3.56. The number of hydrogen-bond donors (Lipinski definition) is 1. The topological polar surface area (TPSA) is 12.0 Å². The van der Waals surface area contributed by atoms with Crippen LogP contribution in [-0.4, -0.2) is 6.54 Å². The Morgan fingerprint density at radius 3 is 2.73 bits per heavy atom. The highest BCUT2D eigenvalue weighted by atomic mass is 79.9. The molecule has 0 amide bonds. The highest BCUT2D eigenvalue weighted by molar-refractivity contribution is 9.10. The smallest absolute Gasteiger partial charge is 0.0207 e. The molecule has 0 heterocycles. The van der Waals surface area contributed by atoms with Crippen molar-refractivity contribution in [1.82, 2.24) is 5.32 Å². The fraction of sp³-hybridized carbons (Fsp3) is 0.538. The molecule has 0 unspecified atom stereocenters. The molecule has 1 aliphatic carbocycles. The molecule has 1 aliphatic rings. The lowest BCUT2D eigenvalue weighted by atomic mass is 10.1. The van der Waals surface area contributed by atoms with Crippen LogP contribution in [-0.2, 0) is 6.54 Å². The van der Waals surface area contributed by atoms with E-state index in [4.69, 9.17) is 0 Å². The molecule has 0 aliphatic heterocycles. The maximum absolute atomic E-state index is 3.56. The number of hydrogen-bond acceptors (Lipinski definition) is 1. The summed E-state index contributed by atoms with van der Waals surface area (Å²) in [6, 6.07) is 6.57. The van der Waals surface area contributed by atoms with E-state index < -0.39 is 0 Å². The van der Waals surface area contributed by atoms with E-state index in [0.717, 1.165) is 13.1 Å². The first-order chi connectivity index (χ1) is 7.09. The van der Waals surface area contributed by atoms with Gasteiger partial charge < -0.3 is 5.32 Å². The second kappa shape index (κ2) is 4.26. The third-order valence-electron chi connectivity index (χ3n) is 3.22. The van der Waals surface area contributed by atoms with Crippen molar-refractivity contribution in [2.24, 2.45) is 5.41 Å². The Kier molecular flexibility index (Phi) is 3.17. The van der Waals surface area contributed by atoms with Gasteiger partial charge in [0.25, 0.3) is 0 Å². The summed E-state index contributed by atoms with van der Waals surface area (Å²) in [5.74, 6) is 0. The number of benzene rings is 1. The predicted molar refractivity (Wildman–Crippen MR) is 67.9 cm³/mol. The third-order valence-corrected chi connectivity index (χ3v) is 4.08. The zero-order chi connectivity index (χ0) is 10.9. The van der Waals surface area contributed by atoms with Gasteiger partial charge >= 0.3 is 0 Å². The van der Waals surface area contributed by atoms with Crippen LogP contribution in [0.2, 0.25) is 0 Å². The number of aryl methyl sites for hydroxylation is 1. The van der Waals surface area contributed by atoms with Gasteiger partial charge in [0.1, 0.15) is 0 Å². The Bertz CT molecular complexity index is 356. The average Bonchev–Trinajstić information content (AvgIpc) is 2.90. The standard InChI is InChI=1S/C13H18BrN/c1-10-3-4-11(7-12(10)14)8-15-9-13(2)5-6-13/h3-4,7,15H,5-6,8-9H2,1-2H3. The van der Waals surface area contributed by atoms with E-state index in [1.165, 1.54) is 28.4 Å². The molecule has 0 spiro atoms. The van der Waals surface area contributed by atoms with E-state index >= 15 is 0 Å². The van der Waals surface area contributed by atoms with E-state index in [0.29, 0.717) is 5.41 Å².